The van der Waals surface area contributed by atoms with Gasteiger partial charge in [0.15, 0.2) is 0 Å². The number of nitrogens with zero attached hydrogens (tertiary/aromatic N) is 1. The van der Waals surface area contributed by atoms with Crippen molar-refractivity contribution in [2.75, 3.05) is 0 Å². The predicted octanol–water partition coefficient (Wildman–Crippen LogP) is 1.51. The van der Waals surface area contributed by atoms with Gasteiger partial charge in [0.2, 0.25) is 0 Å². The number of rotatable bonds is 1. The monoisotopic (exact) mass is 181 g/mol. The molecule has 0 saturated carbocycles. The molecule has 1 rings (SSSR count). The fourth-order valence-corrected chi connectivity index (χ4v) is 0.762. The van der Waals surface area contributed by atoms with Crippen LogP contribution < -0.4 is 0 Å². The van der Waals surface area contributed by atoms with Gasteiger partial charge in [-0.25, -0.2) is 4.98 Å². The lowest BCUT2D eigenvalue weighted by Crippen LogP contribution is -1.83. The third kappa shape index (κ3) is 1.82. The molecule has 0 saturated heterocycles. The quantitative estimate of drug-likeness (QED) is 0.473. The van der Waals surface area contributed by atoms with Crippen LogP contribution in [0.25, 0.3) is 0 Å². The standard InChI is InChI=1S/C6H5BBrN/c7-3-5-1-2-6(8)9-4-5/h1-2,4H,3H2. The largest absolute Gasteiger partial charge is 0.249 e. The van der Waals surface area contributed by atoms with Gasteiger partial charge in [-0.05, 0) is 27.6 Å². The van der Waals surface area contributed by atoms with Crippen molar-refractivity contribution in [3.63, 3.8) is 0 Å². The van der Waals surface area contributed by atoms with E-state index in [1.54, 1.807) is 6.20 Å². The lowest BCUT2D eigenvalue weighted by atomic mass is 9.99. The lowest BCUT2D eigenvalue weighted by Gasteiger charge is -1.92. The number of hydrogen-bond donors (Lipinski definition) is 0. The Kier molecular flexibility index (Phi) is 2.28. The molecule has 0 amide bonds. The number of pyridine rings is 1. The SMILES string of the molecule is [B]Cc1ccc(Br)nc1. The average molecular weight is 182 g/mol. The Morgan fingerprint density at radius 2 is 2.33 bits per heavy atom. The van der Waals surface area contributed by atoms with Gasteiger partial charge in [0.05, 0.1) is 7.85 Å². The molecule has 1 heterocycles. The third-order valence-corrected chi connectivity index (χ3v) is 1.49. The Hall–Kier alpha value is -0.305. The minimum absolute atomic E-state index is 0.556. The summed E-state index contributed by atoms with van der Waals surface area (Å²) in [7, 11) is 5.34. The molecule has 0 aliphatic rings. The maximum absolute atomic E-state index is 5.34. The first-order valence-electron chi connectivity index (χ1n) is 2.63. The maximum atomic E-state index is 5.34. The Morgan fingerprint density at radius 1 is 1.56 bits per heavy atom. The lowest BCUT2D eigenvalue weighted by molar-refractivity contribution is 1.21. The van der Waals surface area contributed by atoms with Crippen LogP contribution in [0, 0.1) is 0 Å². The van der Waals surface area contributed by atoms with E-state index in [1.165, 1.54) is 0 Å². The molecule has 0 bridgehead atoms. The van der Waals surface area contributed by atoms with Crippen LogP contribution in [-0.4, -0.2) is 12.8 Å². The second kappa shape index (κ2) is 3.02. The summed E-state index contributed by atoms with van der Waals surface area (Å²) in [6, 6.07) is 3.82. The van der Waals surface area contributed by atoms with E-state index in [0.29, 0.717) is 6.32 Å². The van der Waals surface area contributed by atoms with E-state index in [9.17, 15) is 0 Å². The Morgan fingerprint density at radius 3 is 2.78 bits per heavy atom. The molecule has 0 N–H and O–H groups in total. The fourth-order valence-electron chi connectivity index (χ4n) is 0.527. The third-order valence-electron chi connectivity index (χ3n) is 1.02. The molecule has 0 fully saturated rings. The van der Waals surface area contributed by atoms with Gasteiger partial charge in [-0.3, -0.25) is 0 Å². The Bertz CT molecular complexity index is 185. The van der Waals surface area contributed by atoms with Crippen LogP contribution in [0.15, 0.2) is 22.9 Å². The smallest absolute Gasteiger partial charge is 0.106 e. The zero-order valence-electron chi connectivity index (χ0n) is 4.84. The van der Waals surface area contributed by atoms with Crippen molar-refractivity contribution in [1.29, 1.82) is 0 Å². The van der Waals surface area contributed by atoms with Crippen molar-refractivity contribution >= 4 is 23.8 Å². The van der Waals surface area contributed by atoms with Crippen LogP contribution in [0.5, 0.6) is 0 Å². The van der Waals surface area contributed by atoms with Crippen LogP contribution in [-0.2, 0) is 6.32 Å². The van der Waals surface area contributed by atoms with E-state index in [0.717, 1.165) is 10.2 Å². The first-order valence-corrected chi connectivity index (χ1v) is 3.42. The highest BCUT2D eigenvalue weighted by Crippen LogP contribution is 2.05. The molecule has 0 spiro atoms. The van der Waals surface area contributed by atoms with Crippen molar-refractivity contribution in [2.24, 2.45) is 0 Å². The number of aromatic nitrogens is 1. The minimum Gasteiger partial charge on any atom is -0.249 e. The molecule has 9 heavy (non-hydrogen) atoms. The summed E-state index contributed by atoms with van der Waals surface area (Å²) in [5.74, 6) is 0. The summed E-state index contributed by atoms with van der Waals surface area (Å²) in [5.41, 5.74) is 1.05. The molecule has 1 aromatic rings. The van der Waals surface area contributed by atoms with Gasteiger partial charge in [0, 0.05) is 6.20 Å². The van der Waals surface area contributed by atoms with E-state index < -0.39 is 0 Å². The molecular weight excluding hydrogens is 177 g/mol. The zero-order valence-corrected chi connectivity index (χ0v) is 6.43. The highest BCUT2D eigenvalue weighted by molar-refractivity contribution is 9.10. The first kappa shape index (κ1) is 6.81. The molecule has 0 aromatic carbocycles. The molecule has 0 unspecified atom stereocenters. The summed E-state index contributed by atoms with van der Waals surface area (Å²) in [4.78, 5) is 3.99. The normalized spacial score (nSPS) is 9.44. The van der Waals surface area contributed by atoms with Crippen LogP contribution in [0.2, 0.25) is 0 Å². The van der Waals surface area contributed by atoms with Crippen molar-refractivity contribution in [2.45, 2.75) is 6.32 Å². The Labute approximate surface area is 64.0 Å². The van der Waals surface area contributed by atoms with Crippen molar-refractivity contribution < 1.29 is 0 Å². The summed E-state index contributed by atoms with van der Waals surface area (Å²) in [5, 5.41) is 0. The van der Waals surface area contributed by atoms with Gasteiger partial charge in [-0.1, -0.05) is 12.4 Å². The van der Waals surface area contributed by atoms with Gasteiger partial charge in [-0.2, -0.15) is 0 Å². The van der Waals surface area contributed by atoms with Crippen LogP contribution in [0.1, 0.15) is 5.56 Å². The molecule has 1 aromatic heterocycles. The predicted molar refractivity (Wildman–Crippen MR) is 41.4 cm³/mol. The Balaban J connectivity index is 2.88. The second-order valence-corrected chi connectivity index (χ2v) is 2.51. The summed E-state index contributed by atoms with van der Waals surface area (Å²) < 4.78 is 0.847. The van der Waals surface area contributed by atoms with Crippen LogP contribution >= 0.6 is 15.9 Å². The van der Waals surface area contributed by atoms with Crippen LogP contribution in [0.4, 0.5) is 0 Å². The average Bonchev–Trinajstić information content (AvgIpc) is 1.90. The number of halogens is 1. The van der Waals surface area contributed by atoms with E-state index in [1.807, 2.05) is 12.1 Å². The molecule has 44 valence electrons. The molecule has 3 heteroatoms. The minimum atomic E-state index is 0.556. The zero-order chi connectivity index (χ0) is 6.69. The van der Waals surface area contributed by atoms with Crippen molar-refractivity contribution in [3.8, 4) is 0 Å². The van der Waals surface area contributed by atoms with Gasteiger partial charge >= 0.3 is 0 Å². The molecule has 0 aliphatic heterocycles. The fraction of sp³-hybridized carbons (Fsp3) is 0.167. The van der Waals surface area contributed by atoms with Crippen molar-refractivity contribution in [1.82, 2.24) is 4.98 Å². The van der Waals surface area contributed by atoms with E-state index in [-0.39, 0.29) is 0 Å². The van der Waals surface area contributed by atoms with E-state index in [2.05, 4.69) is 20.9 Å². The molecule has 0 atom stereocenters. The highest BCUT2D eigenvalue weighted by atomic mass is 79.9. The first-order chi connectivity index (χ1) is 4.33. The highest BCUT2D eigenvalue weighted by Gasteiger charge is 1.87. The molecule has 2 radical (unpaired) electrons. The van der Waals surface area contributed by atoms with Gasteiger partial charge < -0.3 is 0 Å². The van der Waals surface area contributed by atoms with Crippen molar-refractivity contribution in [3.05, 3.63) is 28.5 Å². The van der Waals surface area contributed by atoms with E-state index >= 15 is 0 Å². The van der Waals surface area contributed by atoms with Gasteiger partial charge in [0.1, 0.15) is 4.60 Å². The van der Waals surface area contributed by atoms with Gasteiger partial charge in [0.25, 0.3) is 0 Å². The summed E-state index contributed by atoms with van der Waals surface area (Å²) in [6.07, 6.45) is 2.31. The van der Waals surface area contributed by atoms with Crippen LogP contribution in [0.3, 0.4) is 0 Å². The summed E-state index contributed by atoms with van der Waals surface area (Å²) in [6.45, 7) is 0. The molecule has 1 nitrogen and oxygen atoms in total. The molecular formula is C6H5BBrN. The summed E-state index contributed by atoms with van der Waals surface area (Å²) >= 11 is 3.22. The maximum Gasteiger partial charge on any atom is 0.106 e. The number of hydrogen-bond acceptors (Lipinski definition) is 1. The van der Waals surface area contributed by atoms with E-state index in [4.69, 9.17) is 7.85 Å². The topological polar surface area (TPSA) is 12.9 Å². The second-order valence-electron chi connectivity index (χ2n) is 1.69. The van der Waals surface area contributed by atoms with Gasteiger partial charge in [-0.15, -0.1) is 0 Å². The molecule has 0 aliphatic carbocycles.